The van der Waals surface area contributed by atoms with Gasteiger partial charge in [-0.1, -0.05) is 11.6 Å². The number of halogens is 1. The number of benzene rings is 2. The van der Waals surface area contributed by atoms with Crippen LogP contribution in [0.1, 0.15) is 29.8 Å². The van der Waals surface area contributed by atoms with Gasteiger partial charge >= 0.3 is 0 Å². The fourth-order valence-corrected chi connectivity index (χ4v) is 3.14. The van der Waals surface area contributed by atoms with Gasteiger partial charge in [-0.05, 0) is 62.4 Å². The van der Waals surface area contributed by atoms with Crippen molar-refractivity contribution in [1.29, 1.82) is 0 Å². The van der Waals surface area contributed by atoms with E-state index in [1.807, 2.05) is 0 Å². The van der Waals surface area contributed by atoms with Gasteiger partial charge < -0.3 is 19.7 Å². The van der Waals surface area contributed by atoms with E-state index in [1.165, 1.54) is 38.1 Å². The SMILES string of the molecule is CC(C)(Oc1ccc(C(=O)c2ccc(Cl)cc2)cc1)C(=O)NC(CO[N+](=O)[O-])(CO[N+](=O)[O-])C[N+](=O)[O-]. The normalized spacial score (nSPS) is 11.2. The molecular weight excluding hydrogens is 520 g/mol. The second-order valence-corrected chi connectivity index (χ2v) is 8.63. The minimum absolute atomic E-state index is 0.135. The van der Waals surface area contributed by atoms with Crippen LogP contribution in [0.4, 0.5) is 0 Å². The largest absolute Gasteiger partial charge is 0.478 e. The zero-order valence-corrected chi connectivity index (χ0v) is 20.2. The van der Waals surface area contributed by atoms with Crippen molar-refractivity contribution in [2.24, 2.45) is 0 Å². The second kappa shape index (κ2) is 11.9. The number of carbonyl (C=O) groups is 2. The maximum atomic E-state index is 13.0. The van der Waals surface area contributed by atoms with Crippen LogP contribution in [0.2, 0.25) is 5.02 Å². The summed E-state index contributed by atoms with van der Waals surface area (Å²) in [7, 11) is 0. The van der Waals surface area contributed by atoms with Crippen molar-refractivity contribution in [1.82, 2.24) is 5.32 Å². The van der Waals surface area contributed by atoms with E-state index in [4.69, 9.17) is 16.3 Å². The van der Waals surface area contributed by atoms with Gasteiger partial charge in [0.15, 0.2) is 16.9 Å². The summed E-state index contributed by atoms with van der Waals surface area (Å²) in [5.41, 5.74) is -3.31. The van der Waals surface area contributed by atoms with Gasteiger partial charge in [0.25, 0.3) is 16.1 Å². The summed E-state index contributed by atoms with van der Waals surface area (Å²) in [6.07, 6.45) is 0. The summed E-state index contributed by atoms with van der Waals surface area (Å²) in [5.74, 6) is -1.17. The number of amides is 1. The topological polar surface area (TPSA) is 203 Å². The van der Waals surface area contributed by atoms with E-state index in [1.54, 1.807) is 24.3 Å². The summed E-state index contributed by atoms with van der Waals surface area (Å²) >= 11 is 5.83. The average Bonchev–Trinajstić information content (AvgIpc) is 2.81. The molecule has 0 radical (unpaired) electrons. The molecule has 198 valence electrons. The molecule has 0 saturated heterocycles. The fourth-order valence-electron chi connectivity index (χ4n) is 3.02. The van der Waals surface area contributed by atoms with Crippen LogP contribution in [0.5, 0.6) is 5.75 Å². The van der Waals surface area contributed by atoms with Gasteiger partial charge in [0.2, 0.25) is 6.54 Å². The van der Waals surface area contributed by atoms with E-state index in [-0.39, 0.29) is 11.5 Å². The van der Waals surface area contributed by atoms with Gasteiger partial charge in [-0.2, -0.15) is 0 Å². The Balaban J connectivity index is 2.20. The molecule has 0 aromatic heterocycles. The Morgan fingerprint density at radius 3 is 1.76 bits per heavy atom. The van der Waals surface area contributed by atoms with Crippen molar-refractivity contribution in [2.75, 3.05) is 19.8 Å². The Morgan fingerprint density at radius 1 is 0.865 bits per heavy atom. The third kappa shape index (κ3) is 8.57. The van der Waals surface area contributed by atoms with Crippen LogP contribution >= 0.6 is 11.6 Å². The lowest BCUT2D eigenvalue weighted by molar-refractivity contribution is -0.770. The predicted octanol–water partition coefficient (Wildman–Crippen LogP) is 2.28. The summed E-state index contributed by atoms with van der Waals surface area (Å²) < 4.78 is 5.66. The van der Waals surface area contributed by atoms with Crippen molar-refractivity contribution in [2.45, 2.75) is 25.0 Å². The number of rotatable bonds is 14. The maximum absolute atomic E-state index is 13.0. The minimum Gasteiger partial charge on any atom is -0.478 e. The molecule has 0 spiro atoms. The Kier molecular flexibility index (Phi) is 9.26. The standard InChI is InChI=1S/C21H21ClN4O11/c1-20(2,19(28)23-21(11-24(29)30,12-35-25(31)32)13-36-26(33)34)37-17-9-5-15(6-10-17)18(27)14-3-7-16(22)8-4-14/h3-10H,11-13H2,1-2H3,(H,23,28). The Hall–Kier alpha value is -4.53. The van der Waals surface area contributed by atoms with Crippen LogP contribution in [0.25, 0.3) is 0 Å². The van der Waals surface area contributed by atoms with Crippen LogP contribution in [-0.2, 0) is 14.5 Å². The molecule has 0 saturated carbocycles. The highest BCUT2D eigenvalue weighted by atomic mass is 35.5. The molecule has 1 amide bonds. The number of hydrogen-bond acceptors (Lipinski definition) is 11. The average molecular weight is 541 g/mol. The van der Waals surface area contributed by atoms with Gasteiger partial charge in [-0.3, -0.25) is 19.7 Å². The highest BCUT2D eigenvalue weighted by Gasteiger charge is 2.44. The molecule has 0 bridgehead atoms. The first kappa shape index (κ1) is 28.7. The number of ether oxygens (including phenoxy) is 1. The molecule has 0 unspecified atom stereocenters. The molecule has 0 heterocycles. The van der Waals surface area contributed by atoms with Crippen LogP contribution in [0.3, 0.4) is 0 Å². The molecule has 16 heteroatoms. The van der Waals surface area contributed by atoms with Gasteiger partial charge in [-0.25, -0.2) is 0 Å². The molecule has 15 nitrogen and oxygen atoms in total. The van der Waals surface area contributed by atoms with Crippen LogP contribution in [0.15, 0.2) is 48.5 Å². The number of nitrogens with zero attached hydrogens (tertiary/aromatic N) is 3. The van der Waals surface area contributed by atoms with Gasteiger partial charge in [-0.15, -0.1) is 20.2 Å². The van der Waals surface area contributed by atoms with Crippen molar-refractivity contribution >= 4 is 23.3 Å². The van der Waals surface area contributed by atoms with Crippen LogP contribution in [0, 0.1) is 30.3 Å². The summed E-state index contributed by atoms with van der Waals surface area (Å²) in [6.45, 7) is -0.849. The van der Waals surface area contributed by atoms with E-state index >= 15 is 0 Å². The van der Waals surface area contributed by atoms with Crippen molar-refractivity contribution < 1.29 is 39.1 Å². The Bertz CT molecular complexity index is 1150. The predicted molar refractivity (Wildman–Crippen MR) is 125 cm³/mol. The molecular formula is C21H21ClN4O11. The fraction of sp³-hybridized carbons (Fsp3) is 0.333. The van der Waals surface area contributed by atoms with Crippen molar-refractivity contribution in [3.05, 3.63) is 95.0 Å². The lowest BCUT2D eigenvalue weighted by atomic mass is 9.99. The van der Waals surface area contributed by atoms with E-state index in [0.717, 1.165) is 0 Å². The first-order valence-electron chi connectivity index (χ1n) is 10.3. The maximum Gasteiger partial charge on any atom is 0.294 e. The lowest BCUT2D eigenvalue weighted by Crippen LogP contribution is -2.64. The van der Waals surface area contributed by atoms with Gasteiger partial charge in [0, 0.05) is 21.1 Å². The van der Waals surface area contributed by atoms with Crippen LogP contribution < -0.4 is 10.1 Å². The quantitative estimate of drug-likeness (QED) is 0.209. The molecule has 1 N–H and O–H groups in total. The molecule has 2 aromatic carbocycles. The molecule has 2 rings (SSSR count). The number of ketones is 1. The molecule has 0 aliphatic carbocycles. The number of nitrogens with one attached hydrogen (secondary N) is 1. The van der Waals surface area contributed by atoms with Crippen LogP contribution in [-0.4, -0.2) is 57.7 Å². The third-order valence-electron chi connectivity index (χ3n) is 4.85. The smallest absolute Gasteiger partial charge is 0.294 e. The zero-order valence-electron chi connectivity index (χ0n) is 19.5. The van der Waals surface area contributed by atoms with E-state index in [0.29, 0.717) is 16.1 Å². The van der Waals surface area contributed by atoms with E-state index in [2.05, 4.69) is 15.0 Å². The zero-order chi connectivity index (χ0) is 27.8. The molecule has 0 fully saturated rings. The summed E-state index contributed by atoms with van der Waals surface area (Å²) in [4.78, 5) is 65.4. The monoisotopic (exact) mass is 540 g/mol. The van der Waals surface area contributed by atoms with Crippen molar-refractivity contribution in [3.8, 4) is 5.75 Å². The first-order chi connectivity index (χ1) is 17.2. The molecule has 37 heavy (non-hydrogen) atoms. The van der Waals surface area contributed by atoms with Crippen molar-refractivity contribution in [3.63, 3.8) is 0 Å². The first-order valence-corrected chi connectivity index (χ1v) is 10.7. The lowest BCUT2D eigenvalue weighted by Gasteiger charge is -2.33. The molecule has 0 atom stereocenters. The van der Waals surface area contributed by atoms with Gasteiger partial charge in [0.05, 0.1) is 0 Å². The molecule has 2 aromatic rings. The third-order valence-corrected chi connectivity index (χ3v) is 5.10. The van der Waals surface area contributed by atoms with E-state index < -0.39 is 51.9 Å². The van der Waals surface area contributed by atoms with Gasteiger partial charge in [0.1, 0.15) is 19.0 Å². The second-order valence-electron chi connectivity index (χ2n) is 8.19. The molecule has 0 aliphatic heterocycles. The summed E-state index contributed by atoms with van der Waals surface area (Å²) in [5, 5.41) is 32.5. The van der Waals surface area contributed by atoms with E-state index in [9.17, 15) is 39.9 Å². The number of nitro groups is 1. The minimum atomic E-state index is -2.28. The highest BCUT2D eigenvalue weighted by molar-refractivity contribution is 6.30. The molecule has 0 aliphatic rings. The Labute approximate surface area is 213 Å². The summed E-state index contributed by atoms with van der Waals surface area (Å²) in [6, 6.07) is 12.0. The number of carbonyl (C=O) groups excluding carboxylic acids is 2. The number of hydrogen-bond donors (Lipinski definition) is 1. The highest BCUT2D eigenvalue weighted by Crippen LogP contribution is 2.22. The Morgan fingerprint density at radius 2 is 1.32 bits per heavy atom.